The van der Waals surface area contributed by atoms with E-state index in [0.29, 0.717) is 22.4 Å². The van der Waals surface area contributed by atoms with Crippen molar-refractivity contribution in [2.45, 2.75) is 13.8 Å². The molecule has 2 heterocycles. The highest BCUT2D eigenvalue weighted by Gasteiger charge is 2.32. The molecule has 4 rings (SSSR count). The highest BCUT2D eigenvalue weighted by atomic mass is 32.2. The van der Waals surface area contributed by atoms with Crippen molar-refractivity contribution in [3.8, 4) is 11.5 Å². The van der Waals surface area contributed by atoms with Gasteiger partial charge in [0, 0.05) is 6.54 Å². The maximum atomic E-state index is 12.8. The van der Waals surface area contributed by atoms with E-state index in [1.165, 1.54) is 11.8 Å². The average molecular weight is 366 g/mol. The van der Waals surface area contributed by atoms with Gasteiger partial charge in [-0.1, -0.05) is 18.2 Å². The van der Waals surface area contributed by atoms with E-state index in [-0.39, 0.29) is 12.7 Å². The SMILES string of the molecule is CCN1C(=O)/C(=C/c2cc3c(cc2C)OCO3)SC1=Nc1ccccc1. The second kappa shape index (κ2) is 6.88. The van der Waals surface area contributed by atoms with Gasteiger partial charge in [-0.2, -0.15) is 0 Å². The number of ether oxygens (including phenoxy) is 2. The lowest BCUT2D eigenvalue weighted by atomic mass is 10.1. The standard InChI is InChI=1S/C20H18N2O3S/c1-3-22-19(23)18(26-20(22)21-15-7-5-4-6-8-15)11-14-10-17-16(9-13(14)2)24-12-25-17/h4-11H,3,12H2,1-2H3/b18-11-,21-20?. The van der Waals surface area contributed by atoms with Gasteiger partial charge in [-0.3, -0.25) is 9.69 Å². The summed E-state index contributed by atoms with van der Waals surface area (Å²) in [7, 11) is 0. The van der Waals surface area contributed by atoms with Gasteiger partial charge in [-0.25, -0.2) is 4.99 Å². The molecule has 2 aromatic carbocycles. The van der Waals surface area contributed by atoms with Crippen LogP contribution in [0.2, 0.25) is 0 Å². The predicted octanol–water partition coefficient (Wildman–Crippen LogP) is 4.35. The van der Waals surface area contributed by atoms with Crippen LogP contribution in [0.25, 0.3) is 6.08 Å². The number of aliphatic imine (C=N–C) groups is 1. The van der Waals surface area contributed by atoms with E-state index < -0.39 is 0 Å². The molecule has 0 aromatic heterocycles. The Morgan fingerprint density at radius 1 is 1.19 bits per heavy atom. The van der Waals surface area contributed by atoms with E-state index in [0.717, 1.165) is 22.6 Å². The third-order valence-electron chi connectivity index (χ3n) is 4.23. The van der Waals surface area contributed by atoms with E-state index in [1.807, 2.05) is 62.4 Å². The number of carbonyl (C=O) groups excluding carboxylic acids is 1. The molecule has 0 radical (unpaired) electrons. The maximum Gasteiger partial charge on any atom is 0.266 e. The van der Waals surface area contributed by atoms with Crippen LogP contribution in [-0.4, -0.2) is 29.3 Å². The topological polar surface area (TPSA) is 51.1 Å². The number of fused-ring (bicyclic) bond motifs is 1. The van der Waals surface area contributed by atoms with Crippen molar-refractivity contribution in [1.82, 2.24) is 4.90 Å². The second-order valence-corrected chi connectivity index (χ2v) is 6.96. The van der Waals surface area contributed by atoms with Crippen LogP contribution in [-0.2, 0) is 4.79 Å². The maximum absolute atomic E-state index is 12.8. The fraction of sp³-hybridized carbons (Fsp3) is 0.200. The molecule has 0 aliphatic carbocycles. The summed E-state index contributed by atoms with van der Waals surface area (Å²) >= 11 is 1.40. The Balaban J connectivity index is 1.68. The number of para-hydroxylation sites is 1. The van der Waals surface area contributed by atoms with E-state index in [2.05, 4.69) is 4.99 Å². The number of likely N-dealkylation sites (N-methyl/N-ethyl adjacent to an activating group) is 1. The number of benzene rings is 2. The minimum atomic E-state index is -0.0238. The molecule has 2 aliphatic heterocycles. The summed E-state index contributed by atoms with van der Waals surface area (Å²) in [6.07, 6.45) is 1.90. The summed E-state index contributed by atoms with van der Waals surface area (Å²) in [5.41, 5.74) is 2.82. The lowest BCUT2D eigenvalue weighted by Gasteiger charge is -2.11. The summed E-state index contributed by atoms with van der Waals surface area (Å²) in [5.74, 6) is 1.43. The first-order valence-corrected chi connectivity index (χ1v) is 9.22. The number of hydrogen-bond donors (Lipinski definition) is 0. The molecular formula is C20H18N2O3S. The molecule has 1 saturated heterocycles. The van der Waals surface area contributed by atoms with Crippen molar-refractivity contribution in [3.05, 3.63) is 58.5 Å². The molecule has 5 nitrogen and oxygen atoms in total. The first kappa shape index (κ1) is 16.7. The number of amides is 1. The van der Waals surface area contributed by atoms with Gasteiger partial charge in [0.2, 0.25) is 6.79 Å². The zero-order valence-corrected chi connectivity index (χ0v) is 15.4. The molecule has 0 unspecified atom stereocenters. The highest BCUT2D eigenvalue weighted by Crippen LogP contribution is 2.38. The Morgan fingerprint density at radius 2 is 1.92 bits per heavy atom. The first-order chi connectivity index (χ1) is 12.7. The van der Waals surface area contributed by atoms with Gasteiger partial charge < -0.3 is 9.47 Å². The number of hydrogen-bond acceptors (Lipinski definition) is 5. The minimum Gasteiger partial charge on any atom is -0.454 e. The third kappa shape index (κ3) is 3.08. The average Bonchev–Trinajstić information content (AvgIpc) is 3.20. The van der Waals surface area contributed by atoms with Gasteiger partial charge in [-0.05, 0) is 67.1 Å². The predicted molar refractivity (Wildman–Crippen MR) is 104 cm³/mol. The zero-order chi connectivity index (χ0) is 18.1. The summed E-state index contributed by atoms with van der Waals surface area (Å²) in [6, 6.07) is 13.5. The molecule has 2 aromatic rings. The molecule has 26 heavy (non-hydrogen) atoms. The molecule has 0 bridgehead atoms. The van der Waals surface area contributed by atoms with Crippen molar-refractivity contribution in [1.29, 1.82) is 0 Å². The molecule has 6 heteroatoms. The largest absolute Gasteiger partial charge is 0.454 e. The van der Waals surface area contributed by atoms with Gasteiger partial charge in [0.05, 0.1) is 10.6 Å². The van der Waals surface area contributed by atoms with Crippen LogP contribution in [0.15, 0.2) is 52.4 Å². The van der Waals surface area contributed by atoms with Crippen LogP contribution >= 0.6 is 11.8 Å². The van der Waals surface area contributed by atoms with Gasteiger partial charge in [0.25, 0.3) is 5.91 Å². The molecule has 2 aliphatic rings. The van der Waals surface area contributed by atoms with Crippen LogP contribution < -0.4 is 9.47 Å². The number of nitrogens with zero attached hydrogens (tertiary/aromatic N) is 2. The summed E-state index contributed by atoms with van der Waals surface area (Å²) < 4.78 is 10.9. The summed E-state index contributed by atoms with van der Waals surface area (Å²) in [4.78, 5) is 19.8. The van der Waals surface area contributed by atoms with E-state index >= 15 is 0 Å². The molecular weight excluding hydrogens is 348 g/mol. The Hall–Kier alpha value is -2.73. The van der Waals surface area contributed by atoms with Crippen LogP contribution in [0.3, 0.4) is 0 Å². The molecule has 1 fully saturated rings. The van der Waals surface area contributed by atoms with Crippen LogP contribution in [0.5, 0.6) is 11.5 Å². The molecule has 0 spiro atoms. The van der Waals surface area contributed by atoms with Gasteiger partial charge in [-0.15, -0.1) is 0 Å². The summed E-state index contributed by atoms with van der Waals surface area (Å²) in [6.45, 7) is 4.76. The van der Waals surface area contributed by atoms with Crippen LogP contribution in [0.1, 0.15) is 18.1 Å². The minimum absolute atomic E-state index is 0.0238. The zero-order valence-electron chi connectivity index (χ0n) is 14.6. The van der Waals surface area contributed by atoms with Crippen molar-refractivity contribution >= 4 is 34.6 Å². The van der Waals surface area contributed by atoms with E-state index in [1.54, 1.807) is 4.90 Å². The molecule has 0 N–H and O–H groups in total. The monoisotopic (exact) mass is 366 g/mol. The Morgan fingerprint density at radius 3 is 2.65 bits per heavy atom. The smallest absolute Gasteiger partial charge is 0.266 e. The molecule has 1 amide bonds. The van der Waals surface area contributed by atoms with Crippen molar-refractivity contribution in [3.63, 3.8) is 0 Å². The van der Waals surface area contributed by atoms with Crippen LogP contribution in [0.4, 0.5) is 5.69 Å². The highest BCUT2D eigenvalue weighted by molar-refractivity contribution is 8.18. The lowest BCUT2D eigenvalue weighted by Crippen LogP contribution is -2.28. The van der Waals surface area contributed by atoms with Gasteiger partial charge >= 0.3 is 0 Å². The molecule has 132 valence electrons. The quantitative estimate of drug-likeness (QED) is 0.758. The van der Waals surface area contributed by atoms with Crippen molar-refractivity contribution in [2.75, 3.05) is 13.3 Å². The van der Waals surface area contributed by atoms with E-state index in [4.69, 9.17) is 9.47 Å². The number of thioether (sulfide) groups is 1. The summed E-state index contributed by atoms with van der Waals surface area (Å²) in [5, 5.41) is 0.702. The fourth-order valence-corrected chi connectivity index (χ4v) is 3.89. The van der Waals surface area contributed by atoms with Crippen LogP contribution in [0, 0.1) is 6.92 Å². The number of amidine groups is 1. The Labute approximate surface area is 156 Å². The molecule has 0 atom stereocenters. The lowest BCUT2D eigenvalue weighted by molar-refractivity contribution is -0.122. The van der Waals surface area contributed by atoms with Gasteiger partial charge in [0.1, 0.15) is 0 Å². The third-order valence-corrected chi connectivity index (χ3v) is 5.24. The fourth-order valence-electron chi connectivity index (χ4n) is 2.84. The first-order valence-electron chi connectivity index (χ1n) is 8.41. The normalized spacial score (nSPS) is 19.0. The Bertz CT molecular complexity index is 922. The van der Waals surface area contributed by atoms with E-state index in [9.17, 15) is 4.79 Å². The Kier molecular flexibility index (Phi) is 4.42. The second-order valence-electron chi connectivity index (χ2n) is 5.95. The van der Waals surface area contributed by atoms with Crippen molar-refractivity contribution in [2.24, 2.45) is 4.99 Å². The number of rotatable bonds is 3. The van der Waals surface area contributed by atoms with Crippen molar-refractivity contribution < 1.29 is 14.3 Å². The molecule has 0 saturated carbocycles. The van der Waals surface area contributed by atoms with Gasteiger partial charge in [0.15, 0.2) is 16.7 Å². The number of carbonyl (C=O) groups is 1. The number of aryl methyl sites for hydroxylation is 1.